The summed E-state index contributed by atoms with van der Waals surface area (Å²) in [6.07, 6.45) is 1.24. The van der Waals surface area contributed by atoms with Crippen LogP contribution in [0.1, 0.15) is 21.5 Å². The molecule has 0 spiro atoms. The van der Waals surface area contributed by atoms with Crippen LogP contribution in [0.25, 0.3) is 6.08 Å². The van der Waals surface area contributed by atoms with E-state index in [0.717, 1.165) is 5.56 Å². The molecule has 0 unspecified atom stereocenters. The molecule has 3 aromatic rings. The van der Waals surface area contributed by atoms with Gasteiger partial charge in [-0.1, -0.05) is 48.5 Å². The van der Waals surface area contributed by atoms with Gasteiger partial charge in [0.15, 0.2) is 0 Å². The van der Waals surface area contributed by atoms with Crippen molar-refractivity contribution in [1.29, 1.82) is 0 Å². The number of nitrogens with zero attached hydrogens (tertiary/aromatic N) is 1. The minimum Gasteiger partial charge on any atom is -0.347 e. The molecule has 0 heterocycles. The smallest absolute Gasteiger partial charge is 0.269 e. The number of halogens is 1. The van der Waals surface area contributed by atoms with E-state index < -0.39 is 22.6 Å². The highest BCUT2D eigenvalue weighted by Crippen LogP contribution is 2.14. The number of nitrogens with one attached hydrogen (secondary N) is 2. The number of non-ortho nitro benzene ring substituents is 1. The summed E-state index contributed by atoms with van der Waals surface area (Å²) >= 11 is 0. The summed E-state index contributed by atoms with van der Waals surface area (Å²) in [5.74, 6) is -1.82. The lowest BCUT2D eigenvalue weighted by molar-refractivity contribution is -0.384. The molecular formula is C23H18FN3O4. The Morgan fingerprint density at radius 3 is 2.23 bits per heavy atom. The van der Waals surface area contributed by atoms with Crippen LogP contribution in [0.4, 0.5) is 10.1 Å². The van der Waals surface area contributed by atoms with E-state index in [4.69, 9.17) is 0 Å². The van der Waals surface area contributed by atoms with Crippen LogP contribution in [-0.4, -0.2) is 16.7 Å². The zero-order valence-corrected chi connectivity index (χ0v) is 16.2. The highest BCUT2D eigenvalue weighted by Gasteiger charge is 2.16. The standard InChI is InChI=1S/C23H18FN3O4/c24-20-9-5-4-8-18(20)14-21(23(29)25-15-16-6-2-1-3-7-16)26-22(28)17-10-12-19(13-11-17)27(30)31/h1-14H,15H2,(H,25,29)(H,26,28)/b21-14-. The Hall–Kier alpha value is -4.33. The van der Waals surface area contributed by atoms with Crippen LogP contribution < -0.4 is 10.6 Å². The predicted octanol–water partition coefficient (Wildman–Crippen LogP) is 3.82. The average molecular weight is 419 g/mol. The second kappa shape index (κ2) is 9.93. The molecule has 2 amide bonds. The lowest BCUT2D eigenvalue weighted by Gasteiger charge is -2.12. The molecule has 0 saturated heterocycles. The van der Waals surface area contributed by atoms with Crippen LogP contribution in [0.3, 0.4) is 0 Å². The zero-order valence-electron chi connectivity index (χ0n) is 16.2. The highest BCUT2D eigenvalue weighted by atomic mass is 19.1. The van der Waals surface area contributed by atoms with E-state index in [2.05, 4.69) is 10.6 Å². The van der Waals surface area contributed by atoms with Gasteiger partial charge in [-0.05, 0) is 29.8 Å². The van der Waals surface area contributed by atoms with Gasteiger partial charge in [0.25, 0.3) is 17.5 Å². The number of nitro benzene ring substituents is 1. The molecule has 156 valence electrons. The SMILES string of the molecule is O=C(NCc1ccccc1)/C(=C/c1ccccc1F)NC(=O)c1ccc([N+](=O)[O-])cc1. The quantitative estimate of drug-likeness (QED) is 0.345. The van der Waals surface area contributed by atoms with Gasteiger partial charge in [0.2, 0.25) is 0 Å². The van der Waals surface area contributed by atoms with Crippen molar-refractivity contribution in [2.24, 2.45) is 0 Å². The van der Waals surface area contributed by atoms with E-state index in [-0.39, 0.29) is 29.1 Å². The van der Waals surface area contributed by atoms with Gasteiger partial charge in [0.05, 0.1) is 4.92 Å². The Kier molecular flexibility index (Phi) is 6.85. The second-order valence-electron chi connectivity index (χ2n) is 6.51. The lowest BCUT2D eigenvalue weighted by Crippen LogP contribution is -2.34. The maximum absolute atomic E-state index is 14.1. The molecule has 8 heteroatoms. The number of rotatable bonds is 7. The third-order valence-corrected chi connectivity index (χ3v) is 4.33. The molecule has 31 heavy (non-hydrogen) atoms. The monoisotopic (exact) mass is 419 g/mol. The third kappa shape index (κ3) is 5.83. The molecule has 0 radical (unpaired) electrons. The maximum atomic E-state index is 14.1. The van der Waals surface area contributed by atoms with Crippen LogP contribution >= 0.6 is 0 Å². The van der Waals surface area contributed by atoms with Crippen LogP contribution in [0.2, 0.25) is 0 Å². The first-order valence-electron chi connectivity index (χ1n) is 9.28. The fraction of sp³-hybridized carbons (Fsp3) is 0.0435. The van der Waals surface area contributed by atoms with Gasteiger partial charge in [-0.15, -0.1) is 0 Å². The van der Waals surface area contributed by atoms with E-state index in [9.17, 15) is 24.1 Å². The van der Waals surface area contributed by atoms with Gasteiger partial charge >= 0.3 is 0 Å². The molecule has 2 N–H and O–H groups in total. The number of benzene rings is 3. The number of amides is 2. The van der Waals surface area contributed by atoms with Crippen molar-refractivity contribution in [1.82, 2.24) is 10.6 Å². The third-order valence-electron chi connectivity index (χ3n) is 4.33. The van der Waals surface area contributed by atoms with E-state index in [1.165, 1.54) is 48.5 Å². The summed E-state index contributed by atoms with van der Waals surface area (Å²) < 4.78 is 14.1. The molecule has 3 rings (SSSR count). The van der Waals surface area contributed by atoms with Gasteiger partial charge in [-0.3, -0.25) is 19.7 Å². The largest absolute Gasteiger partial charge is 0.347 e. The molecular weight excluding hydrogens is 401 g/mol. The van der Waals surface area contributed by atoms with Crippen molar-refractivity contribution in [2.75, 3.05) is 0 Å². The van der Waals surface area contributed by atoms with Crippen molar-refractivity contribution in [2.45, 2.75) is 6.54 Å². The minimum atomic E-state index is -0.660. The highest BCUT2D eigenvalue weighted by molar-refractivity contribution is 6.05. The summed E-state index contributed by atoms with van der Waals surface area (Å²) in [4.78, 5) is 35.5. The summed E-state index contributed by atoms with van der Waals surface area (Å²) in [6, 6.07) is 19.9. The van der Waals surface area contributed by atoms with Crippen molar-refractivity contribution < 1.29 is 18.9 Å². The van der Waals surface area contributed by atoms with Crippen LogP contribution in [0.15, 0.2) is 84.6 Å². The molecule has 0 aliphatic rings. The summed E-state index contributed by atoms with van der Waals surface area (Å²) in [7, 11) is 0. The first kappa shape index (κ1) is 21.4. The fourth-order valence-corrected chi connectivity index (χ4v) is 2.71. The fourth-order valence-electron chi connectivity index (χ4n) is 2.71. The topological polar surface area (TPSA) is 101 Å². The molecule has 3 aromatic carbocycles. The molecule has 0 aliphatic heterocycles. The van der Waals surface area contributed by atoms with E-state index in [0.29, 0.717) is 0 Å². The summed E-state index contributed by atoms with van der Waals surface area (Å²) in [5, 5.41) is 15.9. The van der Waals surface area contributed by atoms with Gasteiger partial charge < -0.3 is 10.6 Å². The first-order chi connectivity index (χ1) is 14.9. The minimum absolute atomic E-state index is 0.112. The maximum Gasteiger partial charge on any atom is 0.269 e. The second-order valence-corrected chi connectivity index (χ2v) is 6.51. The van der Waals surface area contributed by atoms with E-state index >= 15 is 0 Å². The van der Waals surface area contributed by atoms with Crippen LogP contribution in [-0.2, 0) is 11.3 Å². The Bertz CT molecular complexity index is 1130. The van der Waals surface area contributed by atoms with Crippen LogP contribution in [0, 0.1) is 15.9 Å². The molecule has 0 fully saturated rings. The van der Waals surface area contributed by atoms with Gasteiger partial charge in [0, 0.05) is 29.8 Å². The van der Waals surface area contributed by atoms with Gasteiger partial charge in [-0.25, -0.2) is 4.39 Å². The molecule has 7 nitrogen and oxygen atoms in total. The van der Waals surface area contributed by atoms with Crippen molar-refractivity contribution in [3.8, 4) is 0 Å². The molecule has 0 aliphatic carbocycles. The number of hydrogen-bond acceptors (Lipinski definition) is 4. The zero-order chi connectivity index (χ0) is 22.2. The molecule has 0 saturated carbocycles. The summed E-state index contributed by atoms with van der Waals surface area (Å²) in [6.45, 7) is 0.210. The Morgan fingerprint density at radius 1 is 0.935 bits per heavy atom. The van der Waals surface area contributed by atoms with Crippen LogP contribution in [0.5, 0.6) is 0 Å². The first-order valence-corrected chi connectivity index (χ1v) is 9.28. The predicted molar refractivity (Wildman–Crippen MR) is 113 cm³/mol. The Labute approximate surface area is 177 Å². The average Bonchev–Trinajstić information content (AvgIpc) is 2.79. The number of carbonyl (C=O) groups excluding carboxylic acids is 2. The Balaban J connectivity index is 1.82. The Morgan fingerprint density at radius 2 is 1.58 bits per heavy atom. The van der Waals surface area contributed by atoms with Crippen molar-refractivity contribution >= 4 is 23.6 Å². The molecule has 0 aromatic heterocycles. The van der Waals surface area contributed by atoms with E-state index in [1.807, 2.05) is 30.3 Å². The van der Waals surface area contributed by atoms with E-state index in [1.54, 1.807) is 6.07 Å². The van der Waals surface area contributed by atoms with Crippen molar-refractivity contribution in [3.05, 3.63) is 117 Å². The van der Waals surface area contributed by atoms with Gasteiger partial charge in [0.1, 0.15) is 11.5 Å². The van der Waals surface area contributed by atoms with Gasteiger partial charge in [-0.2, -0.15) is 0 Å². The lowest BCUT2D eigenvalue weighted by atomic mass is 10.1. The van der Waals surface area contributed by atoms with Crippen molar-refractivity contribution in [3.63, 3.8) is 0 Å². The number of nitro groups is 1. The number of carbonyl (C=O) groups is 2. The summed E-state index contributed by atoms with van der Waals surface area (Å²) in [5.41, 5.74) is 0.753. The molecule has 0 bridgehead atoms. The molecule has 0 atom stereocenters. The normalized spacial score (nSPS) is 10.9. The number of hydrogen-bond donors (Lipinski definition) is 2.